The Labute approximate surface area is 81.9 Å². The minimum atomic E-state index is -1.25. The molecule has 0 amide bonds. The molecule has 0 heterocycles. The van der Waals surface area contributed by atoms with E-state index >= 15 is 0 Å². The average Bonchev–Trinajstić information content (AvgIpc) is 2.09. The maximum Gasteiger partial charge on any atom is 0.453 e. The van der Waals surface area contributed by atoms with Gasteiger partial charge in [-0.2, -0.15) is 9.78 Å². The molecule has 0 aliphatic rings. The second-order valence-corrected chi connectivity index (χ2v) is 3.03. The van der Waals surface area contributed by atoms with Crippen LogP contribution in [-0.2, 0) is 29.1 Å². The molecule has 6 nitrogen and oxygen atoms in total. The summed E-state index contributed by atoms with van der Waals surface area (Å²) < 4.78 is 0. The van der Waals surface area contributed by atoms with Gasteiger partial charge in [0.2, 0.25) is 0 Å². The van der Waals surface area contributed by atoms with E-state index in [4.69, 9.17) is 0 Å². The third kappa shape index (κ3) is 6.38. The quantitative estimate of drug-likeness (QED) is 0.384. The van der Waals surface area contributed by atoms with Crippen molar-refractivity contribution in [2.75, 3.05) is 0 Å². The minimum Gasteiger partial charge on any atom is -0.285 e. The van der Waals surface area contributed by atoms with Crippen LogP contribution < -0.4 is 0 Å². The Kier molecular flexibility index (Phi) is 5.82. The van der Waals surface area contributed by atoms with Crippen LogP contribution in [0.2, 0.25) is 0 Å². The third-order valence-corrected chi connectivity index (χ3v) is 0.799. The summed E-state index contributed by atoms with van der Waals surface area (Å²) in [5.74, 6) is -2.50. The van der Waals surface area contributed by atoms with E-state index in [0.717, 1.165) is 0 Å². The lowest BCUT2D eigenvalue weighted by Gasteiger charge is -2.06. The Hall–Kier alpha value is -1.14. The molecule has 0 unspecified atom stereocenters. The van der Waals surface area contributed by atoms with Gasteiger partial charge in [-0.05, 0) is 27.7 Å². The largest absolute Gasteiger partial charge is 0.453 e. The summed E-state index contributed by atoms with van der Waals surface area (Å²) >= 11 is 0. The van der Waals surface area contributed by atoms with Gasteiger partial charge in [0.25, 0.3) is 0 Å². The van der Waals surface area contributed by atoms with Crippen LogP contribution in [0.4, 0.5) is 0 Å². The second-order valence-electron chi connectivity index (χ2n) is 3.03. The maximum atomic E-state index is 10.8. The van der Waals surface area contributed by atoms with Gasteiger partial charge in [0, 0.05) is 0 Å². The zero-order valence-corrected chi connectivity index (χ0v) is 8.60. The molecular formula is C8H14O6. The molecular weight excluding hydrogens is 192 g/mol. The zero-order valence-electron chi connectivity index (χ0n) is 8.60. The number of hydrogen-bond donors (Lipinski definition) is 0. The normalized spacial score (nSPS) is 10.4. The number of carbonyl (C=O) groups excluding carboxylic acids is 2. The van der Waals surface area contributed by atoms with Gasteiger partial charge in [-0.3, -0.25) is 9.78 Å². The van der Waals surface area contributed by atoms with Crippen molar-refractivity contribution in [2.45, 2.75) is 39.9 Å². The fourth-order valence-corrected chi connectivity index (χ4v) is 0.348. The molecule has 0 aliphatic carbocycles. The lowest BCUT2D eigenvalue weighted by molar-refractivity contribution is -0.313. The van der Waals surface area contributed by atoms with Gasteiger partial charge in [-0.1, -0.05) is 0 Å². The van der Waals surface area contributed by atoms with Crippen molar-refractivity contribution < 1.29 is 29.1 Å². The summed E-state index contributed by atoms with van der Waals surface area (Å²) in [5.41, 5.74) is 0. The van der Waals surface area contributed by atoms with Crippen LogP contribution in [0.1, 0.15) is 27.7 Å². The summed E-state index contributed by atoms with van der Waals surface area (Å²) in [7, 11) is 0. The first-order chi connectivity index (χ1) is 6.43. The predicted molar refractivity (Wildman–Crippen MR) is 44.6 cm³/mol. The van der Waals surface area contributed by atoms with Crippen LogP contribution in [0.3, 0.4) is 0 Å². The fourth-order valence-electron chi connectivity index (χ4n) is 0.348. The van der Waals surface area contributed by atoms with Crippen LogP contribution in [0.15, 0.2) is 0 Å². The lowest BCUT2D eigenvalue weighted by Crippen LogP contribution is -2.23. The summed E-state index contributed by atoms with van der Waals surface area (Å²) in [6, 6.07) is 0. The van der Waals surface area contributed by atoms with E-state index in [1.165, 1.54) is 0 Å². The molecule has 0 aromatic carbocycles. The molecule has 0 radical (unpaired) electrons. The van der Waals surface area contributed by atoms with Gasteiger partial charge in [0.1, 0.15) is 0 Å². The highest BCUT2D eigenvalue weighted by atomic mass is 17.2. The maximum absolute atomic E-state index is 10.8. The van der Waals surface area contributed by atoms with Gasteiger partial charge in [0.15, 0.2) is 0 Å². The molecule has 0 N–H and O–H groups in total. The van der Waals surface area contributed by atoms with Gasteiger partial charge >= 0.3 is 11.9 Å². The monoisotopic (exact) mass is 206 g/mol. The first kappa shape index (κ1) is 12.9. The van der Waals surface area contributed by atoms with Crippen molar-refractivity contribution in [2.24, 2.45) is 0 Å². The Morgan fingerprint density at radius 2 is 1.07 bits per heavy atom. The lowest BCUT2D eigenvalue weighted by atomic mass is 10.5. The van der Waals surface area contributed by atoms with Gasteiger partial charge in [-0.25, -0.2) is 9.59 Å². The van der Waals surface area contributed by atoms with Crippen LogP contribution in [-0.4, -0.2) is 24.1 Å². The molecule has 0 rings (SSSR count). The van der Waals surface area contributed by atoms with E-state index in [0.29, 0.717) is 0 Å². The minimum absolute atomic E-state index is 0.322. The smallest absolute Gasteiger partial charge is 0.285 e. The van der Waals surface area contributed by atoms with Crippen LogP contribution in [0, 0.1) is 0 Å². The van der Waals surface area contributed by atoms with E-state index in [9.17, 15) is 9.59 Å². The molecule has 0 spiro atoms. The molecule has 82 valence electrons. The van der Waals surface area contributed by atoms with Crippen molar-refractivity contribution >= 4 is 11.9 Å². The number of hydrogen-bond acceptors (Lipinski definition) is 6. The molecule has 0 saturated heterocycles. The van der Waals surface area contributed by atoms with Crippen molar-refractivity contribution in [1.82, 2.24) is 0 Å². The fraction of sp³-hybridized carbons (Fsp3) is 0.750. The topological polar surface area (TPSA) is 71.1 Å². The Morgan fingerprint density at radius 3 is 1.29 bits per heavy atom. The van der Waals surface area contributed by atoms with Crippen molar-refractivity contribution in [3.05, 3.63) is 0 Å². The van der Waals surface area contributed by atoms with E-state index in [1.54, 1.807) is 27.7 Å². The molecule has 0 aliphatic heterocycles. The summed E-state index contributed by atoms with van der Waals surface area (Å²) in [5, 5.41) is 0. The summed E-state index contributed by atoms with van der Waals surface area (Å²) in [6.07, 6.45) is -0.643. The highest BCUT2D eigenvalue weighted by Gasteiger charge is 2.21. The molecule has 6 heteroatoms. The van der Waals surface area contributed by atoms with Crippen LogP contribution >= 0.6 is 0 Å². The molecule has 14 heavy (non-hydrogen) atoms. The molecule has 0 aromatic rings. The molecule has 0 bridgehead atoms. The van der Waals surface area contributed by atoms with Gasteiger partial charge < -0.3 is 0 Å². The molecule has 0 aromatic heterocycles. The molecule has 0 atom stereocenters. The first-order valence-electron chi connectivity index (χ1n) is 4.18. The van der Waals surface area contributed by atoms with Crippen molar-refractivity contribution in [3.63, 3.8) is 0 Å². The van der Waals surface area contributed by atoms with E-state index in [2.05, 4.69) is 19.6 Å². The Morgan fingerprint density at radius 1 is 0.786 bits per heavy atom. The molecule has 0 fully saturated rings. The first-order valence-corrected chi connectivity index (χ1v) is 4.18. The van der Waals surface area contributed by atoms with Crippen LogP contribution in [0.5, 0.6) is 0 Å². The SMILES string of the molecule is CC(C)OOC(=O)C(=O)OOC(C)C. The zero-order chi connectivity index (χ0) is 11.1. The van der Waals surface area contributed by atoms with E-state index in [-0.39, 0.29) is 12.2 Å². The predicted octanol–water partition coefficient (Wildman–Crippen LogP) is 0.753. The van der Waals surface area contributed by atoms with Gasteiger partial charge in [0.05, 0.1) is 12.2 Å². The van der Waals surface area contributed by atoms with Gasteiger partial charge in [-0.15, -0.1) is 0 Å². The summed E-state index contributed by atoms with van der Waals surface area (Å²) in [6.45, 7) is 6.57. The standard InChI is InChI=1S/C8H14O6/c1-5(2)11-13-7(9)8(10)14-12-6(3)4/h5-6H,1-4H3. The second kappa shape index (κ2) is 6.33. The molecule has 0 saturated carbocycles. The van der Waals surface area contributed by atoms with E-state index < -0.39 is 11.9 Å². The van der Waals surface area contributed by atoms with Crippen molar-refractivity contribution in [3.8, 4) is 0 Å². The van der Waals surface area contributed by atoms with Crippen molar-refractivity contribution in [1.29, 1.82) is 0 Å². The number of carbonyl (C=O) groups is 2. The highest BCUT2D eigenvalue weighted by Crippen LogP contribution is 1.94. The summed E-state index contributed by atoms with van der Waals surface area (Å²) in [4.78, 5) is 38.6. The number of rotatable bonds is 4. The highest BCUT2D eigenvalue weighted by molar-refractivity contribution is 6.29. The average molecular weight is 206 g/mol. The Bertz CT molecular complexity index is 176. The Balaban J connectivity index is 3.71. The van der Waals surface area contributed by atoms with Crippen LogP contribution in [0.25, 0.3) is 0 Å². The third-order valence-electron chi connectivity index (χ3n) is 0.799. The van der Waals surface area contributed by atoms with E-state index in [1.807, 2.05) is 0 Å².